The molecule has 0 spiro atoms. The molecule has 0 saturated carbocycles. The zero-order chi connectivity index (χ0) is 33.5. The lowest BCUT2D eigenvalue weighted by Gasteiger charge is -2.17. The topological polar surface area (TPSA) is 0 Å². The van der Waals surface area contributed by atoms with E-state index in [1.807, 2.05) is 12.2 Å². The van der Waals surface area contributed by atoms with Crippen molar-refractivity contribution in [2.45, 2.75) is 33.1 Å². The molecule has 0 saturated heterocycles. The van der Waals surface area contributed by atoms with E-state index in [2.05, 4.69) is 160 Å². The van der Waals surface area contributed by atoms with E-state index in [1.165, 1.54) is 100 Å². The lowest BCUT2D eigenvalue weighted by atomic mass is 9.87. The fraction of sp³-hybridized carbons (Fsp3) is 0.102. The molecule has 0 heterocycles. The highest BCUT2D eigenvalue weighted by molar-refractivity contribution is 6.04. The minimum absolute atomic E-state index is 0.833. The molecule has 0 fully saturated rings. The third-order valence-corrected chi connectivity index (χ3v) is 10.3. The number of hydrogen-bond acceptors (Lipinski definition) is 0. The van der Waals surface area contributed by atoms with Crippen molar-refractivity contribution in [3.05, 3.63) is 203 Å². The van der Waals surface area contributed by atoms with Gasteiger partial charge >= 0.3 is 0 Å². The number of fused-ring (bicyclic) bond motifs is 6. The third-order valence-electron chi connectivity index (χ3n) is 10.3. The fourth-order valence-electron chi connectivity index (χ4n) is 8.07. The molecule has 6 aromatic carbocycles. The Hall–Kier alpha value is -5.72. The van der Waals surface area contributed by atoms with Crippen LogP contribution in [0.2, 0.25) is 0 Å². The van der Waals surface area contributed by atoms with Crippen LogP contribution in [0, 0.1) is 6.92 Å². The van der Waals surface area contributed by atoms with Crippen LogP contribution >= 0.6 is 0 Å². The summed E-state index contributed by atoms with van der Waals surface area (Å²) in [6.07, 6.45) is 11.1. The molecule has 0 nitrogen and oxygen atoms in total. The molecule has 0 radical (unpaired) electrons. The van der Waals surface area contributed by atoms with E-state index >= 15 is 0 Å². The van der Waals surface area contributed by atoms with Gasteiger partial charge < -0.3 is 0 Å². The molecule has 8 rings (SSSR count). The highest BCUT2D eigenvalue weighted by Crippen LogP contribution is 2.49. The Morgan fingerprint density at radius 2 is 1.16 bits per heavy atom. The predicted octanol–water partition coefficient (Wildman–Crippen LogP) is 13.1. The first-order valence-electron chi connectivity index (χ1n) is 17.4. The Morgan fingerprint density at radius 1 is 0.531 bits per heavy atom. The summed E-state index contributed by atoms with van der Waals surface area (Å²) in [4.78, 5) is 0. The summed E-state index contributed by atoms with van der Waals surface area (Å²) in [5.74, 6) is 0. The zero-order valence-electron chi connectivity index (χ0n) is 28.4. The Kier molecular flexibility index (Phi) is 7.94. The van der Waals surface area contributed by atoms with Crippen molar-refractivity contribution >= 4 is 11.1 Å². The quantitative estimate of drug-likeness (QED) is 0.147. The van der Waals surface area contributed by atoms with Gasteiger partial charge in [0.1, 0.15) is 0 Å². The maximum atomic E-state index is 4.07. The van der Waals surface area contributed by atoms with Gasteiger partial charge in [0.15, 0.2) is 0 Å². The predicted molar refractivity (Wildman–Crippen MR) is 211 cm³/mol. The largest absolute Gasteiger partial charge is 0.103 e. The molecule has 2 aliphatic carbocycles. The molecule has 0 heteroatoms. The van der Waals surface area contributed by atoms with E-state index in [0.29, 0.717) is 0 Å². The van der Waals surface area contributed by atoms with Crippen LogP contribution in [0.15, 0.2) is 159 Å². The lowest BCUT2D eigenvalue weighted by molar-refractivity contribution is 1.14. The van der Waals surface area contributed by atoms with E-state index in [1.54, 1.807) is 0 Å². The summed E-state index contributed by atoms with van der Waals surface area (Å²) in [7, 11) is 0. The second kappa shape index (κ2) is 12.7. The number of hydrogen-bond donors (Lipinski definition) is 0. The highest BCUT2D eigenvalue weighted by atomic mass is 14.3. The molecule has 0 unspecified atom stereocenters. The van der Waals surface area contributed by atoms with E-state index in [9.17, 15) is 0 Å². The van der Waals surface area contributed by atoms with Gasteiger partial charge in [0.2, 0.25) is 0 Å². The Bertz CT molecular complexity index is 2360. The van der Waals surface area contributed by atoms with Crippen LogP contribution in [0.3, 0.4) is 0 Å². The normalized spacial score (nSPS) is 14.0. The minimum atomic E-state index is 0.833. The van der Waals surface area contributed by atoms with Gasteiger partial charge in [-0.15, -0.1) is 6.58 Å². The second-order valence-electron chi connectivity index (χ2n) is 13.2. The molecule has 0 N–H and O–H groups in total. The van der Waals surface area contributed by atoms with Crippen LogP contribution in [0.4, 0.5) is 0 Å². The molecule has 0 amide bonds. The van der Waals surface area contributed by atoms with Gasteiger partial charge in [0.05, 0.1) is 0 Å². The van der Waals surface area contributed by atoms with Crippen LogP contribution in [0.5, 0.6) is 0 Å². The van der Waals surface area contributed by atoms with Gasteiger partial charge in [0.25, 0.3) is 0 Å². The van der Waals surface area contributed by atoms with Gasteiger partial charge in [-0.2, -0.15) is 0 Å². The van der Waals surface area contributed by atoms with Gasteiger partial charge in [-0.3, -0.25) is 0 Å². The molecule has 0 bridgehead atoms. The first-order valence-corrected chi connectivity index (χ1v) is 17.4. The van der Waals surface area contributed by atoms with Crippen LogP contribution in [0.25, 0.3) is 55.7 Å². The van der Waals surface area contributed by atoms with Crippen LogP contribution in [-0.2, 0) is 12.8 Å². The van der Waals surface area contributed by atoms with E-state index < -0.39 is 0 Å². The number of rotatable bonds is 8. The second-order valence-corrected chi connectivity index (χ2v) is 13.2. The van der Waals surface area contributed by atoms with Gasteiger partial charge in [-0.05, 0) is 132 Å². The molecule has 49 heavy (non-hydrogen) atoms. The Morgan fingerprint density at radius 3 is 1.90 bits per heavy atom. The van der Waals surface area contributed by atoms with Crippen molar-refractivity contribution in [1.82, 2.24) is 0 Å². The standard InChI is InChI=1S/C49H40/c1-5-8-19-45-41-21-10-12-23-43(41)47-26-25-39(32(4)48(45)47)38-30-34(29-37(31-38)35-17-13-16-33(7-3)27-35)28-36-18-14-24-46-42-22-11-9-20-40(42)44(15-6-2)49(36)46/h5-6,9-27,29-31H,1-2,7-8,28H2,3-4H3/b44-15-,45-19-. The molecule has 6 aromatic rings. The van der Waals surface area contributed by atoms with Crippen molar-refractivity contribution in [2.24, 2.45) is 0 Å². The SMILES string of the molecule is C=C/C=C1/c2ccccc2-c2cccc(Cc3cc(-c4cccc(CC)c4)cc(-c4ccc5c(c4C)/C(=C\CC=C)c4ccccc4-5)c3)c21. The molecule has 0 aliphatic heterocycles. The van der Waals surface area contributed by atoms with E-state index in [0.717, 1.165) is 19.3 Å². The summed E-state index contributed by atoms with van der Waals surface area (Å²) in [6.45, 7) is 12.6. The van der Waals surface area contributed by atoms with Crippen LogP contribution < -0.4 is 0 Å². The highest BCUT2D eigenvalue weighted by Gasteiger charge is 2.27. The molecular weight excluding hydrogens is 589 g/mol. The van der Waals surface area contributed by atoms with Gasteiger partial charge in [-0.1, -0.05) is 153 Å². The molecule has 0 atom stereocenters. The van der Waals surface area contributed by atoms with Gasteiger partial charge in [0, 0.05) is 0 Å². The Balaban J connectivity index is 1.30. The van der Waals surface area contributed by atoms with E-state index in [-0.39, 0.29) is 0 Å². The lowest BCUT2D eigenvalue weighted by Crippen LogP contribution is -1.97. The number of benzene rings is 6. The maximum absolute atomic E-state index is 4.07. The smallest absolute Gasteiger partial charge is 0.00189 e. The average Bonchev–Trinajstić information content (AvgIpc) is 3.64. The fourth-order valence-corrected chi connectivity index (χ4v) is 8.07. The van der Waals surface area contributed by atoms with Crippen molar-refractivity contribution in [3.63, 3.8) is 0 Å². The number of allylic oxidation sites excluding steroid dienone is 4. The third kappa shape index (κ3) is 5.25. The number of aryl methyl sites for hydroxylation is 1. The average molecular weight is 629 g/mol. The van der Waals surface area contributed by atoms with Crippen LogP contribution in [-0.4, -0.2) is 0 Å². The first kappa shape index (κ1) is 30.6. The van der Waals surface area contributed by atoms with Gasteiger partial charge in [-0.25, -0.2) is 0 Å². The van der Waals surface area contributed by atoms with Crippen molar-refractivity contribution in [1.29, 1.82) is 0 Å². The maximum Gasteiger partial charge on any atom is -0.00189 e. The molecule has 2 aliphatic rings. The van der Waals surface area contributed by atoms with Crippen molar-refractivity contribution < 1.29 is 0 Å². The molecular formula is C49H40. The monoisotopic (exact) mass is 628 g/mol. The summed E-state index contributed by atoms with van der Waals surface area (Å²) in [6, 6.07) is 45.3. The van der Waals surface area contributed by atoms with Crippen LogP contribution in [0.1, 0.15) is 57.9 Å². The van der Waals surface area contributed by atoms with Crippen molar-refractivity contribution in [2.75, 3.05) is 0 Å². The van der Waals surface area contributed by atoms with E-state index in [4.69, 9.17) is 0 Å². The summed E-state index contributed by atoms with van der Waals surface area (Å²) >= 11 is 0. The zero-order valence-corrected chi connectivity index (χ0v) is 28.4. The molecule has 0 aromatic heterocycles. The minimum Gasteiger partial charge on any atom is -0.103 e. The summed E-state index contributed by atoms with van der Waals surface area (Å²) < 4.78 is 0. The summed E-state index contributed by atoms with van der Waals surface area (Å²) in [5.41, 5.74) is 23.5. The first-order chi connectivity index (χ1) is 24.1. The Labute approximate surface area is 291 Å². The molecule has 236 valence electrons. The summed E-state index contributed by atoms with van der Waals surface area (Å²) in [5, 5.41) is 0. The van der Waals surface area contributed by atoms with Crippen molar-refractivity contribution in [3.8, 4) is 44.5 Å².